The number of hydrogen-bond acceptors (Lipinski definition) is 6. The van der Waals surface area contributed by atoms with E-state index in [0.717, 1.165) is 47.2 Å². The summed E-state index contributed by atoms with van der Waals surface area (Å²) in [6.07, 6.45) is 1.94. The van der Waals surface area contributed by atoms with E-state index < -0.39 is 0 Å². The molecular formula is C23H22N4O3. The van der Waals surface area contributed by atoms with E-state index in [4.69, 9.17) is 19.5 Å². The molecule has 0 saturated heterocycles. The molecule has 0 saturated carbocycles. The third-order valence-electron chi connectivity index (χ3n) is 5.37. The number of aromatic nitrogens is 2. The van der Waals surface area contributed by atoms with Gasteiger partial charge in [-0.1, -0.05) is 12.1 Å². The van der Waals surface area contributed by atoms with Crippen LogP contribution in [0.15, 0.2) is 48.7 Å². The Kier molecular flexibility index (Phi) is 5.10. The van der Waals surface area contributed by atoms with Crippen molar-refractivity contribution in [2.24, 2.45) is 0 Å². The van der Waals surface area contributed by atoms with Gasteiger partial charge in [0.2, 0.25) is 0 Å². The van der Waals surface area contributed by atoms with Crippen LogP contribution in [0.2, 0.25) is 0 Å². The molecule has 2 aliphatic rings. The Morgan fingerprint density at radius 2 is 2.03 bits per heavy atom. The van der Waals surface area contributed by atoms with E-state index in [9.17, 15) is 0 Å². The lowest BCUT2D eigenvalue weighted by molar-refractivity contribution is 0.00326. The molecule has 0 spiro atoms. The van der Waals surface area contributed by atoms with E-state index in [1.807, 2.05) is 48.7 Å². The van der Waals surface area contributed by atoms with Crippen molar-refractivity contribution in [3.05, 3.63) is 65.6 Å². The lowest BCUT2D eigenvalue weighted by Gasteiger charge is -2.26. The molecule has 1 N–H and O–H groups in total. The summed E-state index contributed by atoms with van der Waals surface area (Å²) in [5, 5.41) is 12.5. The van der Waals surface area contributed by atoms with Crippen molar-refractivity contribution >= 4 is 0 Å². The van der Waals surface area contributed by atoms with Crippen LogP contribution in [-0.4, -0.2) is 35.4 Å². The normalized spacial score (nSPS) is 17.2. The monoisotopic (exact) mass is 402 g/mol. The van der Waals surface area contributed by atoms with Crippen LogP contribution in [0.3, 0.4) is 0 Å². The predicted molar refractivity (Wildman–Crippen MR) is 110 cm³/mol. The number of ether oxygens (including phenoxy) is 3. The second kappa shape index (κ2) is 8.19. The number of hydrogen-bond donors (Lipinski definition) is 1. The predicted octanol–water partition coefficient (Wildman–Crippen LogP) is 2.88. The Bertz CT molecular complexity index is 1100. The second-order valence-corrected chi connectivity index (χ2v) is 7.40. The SMILES string of the molecule is N#Cc1cccc(CNC[C@H]2Cn3c(-c4ccc5c(c4)OCCO5)cnc3CO2)c1. The fourth-order valence-corrected chi connectivity index (χ4v) is 3.87. The molecule has 0 aliphatic carbocycles. The molecule has 3 aromatic rings. The molecule has 1 aromatic heterocycles. The number of rotatable bonds is 5. The van der Waals surface area contributed by atoms with Crippen LogP contribution >= 0.6 is 0 Å². The maximum Gasteiger partial charge on any atom is 0.162 e. The maximum atomic E-state index is 9.04. The Balaban J connectivity index is 1.26. The highest BCUT2D eigenvalue weighted by Crippen LogP contribution is 2.35. The van der Waals surface area contributed by atoms with Crippen molar-refractivity contribution < 1.29 is 14.2 Å². The largest absolute Gasteiger partial charge is 0.486 e. The summed E-state index contributed by atoms with van der Waals surface area (Å²) in [7, 11) is 0. The van der Waals surface area contributed by atoms with E-state index in [0.29, 0.717) is 31.9 Å². The van der Waals surface area contributed by atoms with Crippen molar-refractivity contribution in [3.63, 3.8) is 0 Å². The third kappa shape index (κ3) is 3.75. The zero-order valence-corrected chi connectivity index (χ0v) is 16.5. The van der Waals surface area contributed by atoms with Gasteiger partial charge in [0.05, 0.1) is 36.2 Å². The van der Waals surface area contributed by atoms with Gasteiger partial charge in [-0.15, -0.1) is 0 Å². The number of nitrogens with zero attached hydrogens (tertiary/aromatic N) is 3. The summed E-state index contributed by atoms with van der Waals surface area (Å²) in [5.74, 6) is 2.49. The van der Waals surface area contributed by atoms with Crippen LogP contribution in [0, 0.1) is 11.3 Å². The Morgan fingerprint density at radius 3 is 2.93 bits per heavy atom. The molecule has 0 radical (unpaired) electrons. The Hall–Kier alpha value is -3.34. The molecule has 1 atom stereocenters. The molecule has 7 nitrogen and oxygen atoms in total. The summed E-state index contributed by atoms with van der Waals surface area (Å²) in [6, 6.07) is 15.8. The van der Waals surface area contributed by atoms with Gasteiger partial charge in [0, 0.05) is 18.7 Å². The van der Waals surface area contributed by atoms with E-state index in [1.54, 1.807) is 0 Å². The number of benzene rings is 2. The quantitative estimate of drug-likeness (QED) is 0.707. The van der Waals surface area contributed by atoms with Gasteiger partial charge in [-0.05, 0) is 35.9 Å². The molecular weight excluding hydrogens is 380 g/mol. The fourth-order valence-electron chi connectivity index (χ4n) is 3.87. The van der Waals surface area contributed by atoms with Crippen LogP contribution in [0.25, 0.3) is 11.3 Å². The highest BCUT2D eigenvalue weighted by molar-refractivity contribution is 5.64. The lowest BCUT2D eigenvalue weighted by atomic mass is 10.1. The molecule has 152 valence electrons. The first-order valence-electron chi connectivity index (χ1n) is 10.1. The van der Waals surface area contributed by atoms with Crippen molar-refractivity contribution in [1.82, 2.24) is 14.9 Å². The maximum absolute atomic E-state index is 9.04. The van der Waals surface area contributed by atoms with Crippen LogP contribution in [-0.2, 0) is 24.4 Å². The van der Waals surface area contributed by atoms with Crippen molar-refractivity contribution in [2.75, 3.05) is 19.8 Å². The first kappa shape index (κ1) is 18.7. The highest BCUT2D eigenvalue weighted by atomic mass is 16.6. The van der Waals surface area contributed by atoms with Gasteiger partial charge in [-0.25, -0.2) is 4.98 Å². The van der Waals surface area contributed by atoms with Crippen LogP contribution in [0.5, 0.6) is 11.5 Å². The average molecular weight is 402 g/mol. The standard InChI is InChI=1S/C23H22N4O3/c24-10-16-2-1-3-17(8-16)11-25-12-19-14-27-20(13-26-23(27)15-30-19)18-4-5-21-22(9-18)29-7-6-28-21/h1-5,8-9,13,19,25H,6-7,11-12,14-15H2/t19-/m0/s1. The first-order valence-corrected chi connectivity index (χ1v) is 10.1. The highest BCUT2D eigenvalue weighted by Gasteiger charge is 2.23. The summed E-state index contributed by atoms with van der Waals surface area (Å²) in [6.45, 7) is 3.78. The number of nitriles is 1. The van der Waals surface area contributed by atoms with Crippen molar-refractivity contribution in [2.45, 2.75) is 25.8 Å². The van der Waals surface area contributed by atoms with Crippen molar-refractivity contribution in [3.8, 4) is 28.8 Å². The Labute approximate surface area is 174 Å². The second-order valence-electron chi connectivity index (χ2n) is 7.40. The van der Waals surface area contributed by atoms with E-state index >= 15 is 0 Å². The van der Waals surface area contributed by atoms with Crippen LogP contribution < -0.4 is 14.8 Å². The smallest absolute Gasteiger partial charge is 0.162 e. The first-order chi connectivity index (χ1) is 14.8. The fraction of sp³-hybridized carbons (Fsp3) is 0.304. The molecule has 5 rings (SSSR count). The minimum Gasteiger partial charge on any atom is -0.486 e. The number of imidazole rings is 1. The summed E-state index contributed by atoms with van der Waals surface area (Å²) < 4.78 is 19.6. The average Bonchev–Trinajstić information content (AvgIpc) is 3.22. The summed E-state index contributed by atoms with van der Waals surface area (Å²) >= 11 is 0. The molecule has 3 heterocycles. The number of fused-ring (bicyclic) bond motifs is 2. The summed E-state index contributed by atoms with van der Waals surface area (Å²) in [5.41, 5.74) is 3.87. The lowest BCUT2D eigenvalue weighted by Crippen LogP contribution is -2.36. The zero-order chi connectivity index (χ0) is 20.3. The van der Waals surface area contributed by atoms with Gasteiger partial charge >= 0.3 is 0 Å². The van der Waals surface area contributed by atoms with E-state index in [2.05, 4.69) is 20.9 Å². The van der Waals surface area contributed by atoms with Crippen molar-refractivity contribution in [1.29, 1.82) is 5.26 Å². The van der Waals surface area contributed by atoms with Gasteiger partial charge < -0.3 is 24.1 Å². The minimum atomic E-state index is 0.0433. The van der Waals surface area contributed by atoms with Gasteiger partial charge in [-0.3, -0.25) is 0 Å². The molecule has 2 aromatic carbocycles. The van der Waals surface area contributed by atoms with E-state index in [-0.39, 0.29) is 6.10 Å². The van der Waals surface area contributed by atoms with Crippen LogP contribution in [0.4, 0.5) is 0 Å². The minimum absolute atomic E-state index is 0.0433. The molecule has 0 amide bonds. The summed E-state index contributed by atoms with van der Waals surface area (Å²) in [4.78, 5) is 4.54. The van der Waals surface area contributed by atoms with Gasteiger partial charge in [-0.2, -0.15) is 5.26 Å². The molecule has 2 aliphatic heterocycles. The molecule has 30 heavy (non-hydrogen) atoms. The van der Waals surface area contributed by atoms with Gasteiger partial charge in [0.15, 0.2) is 11.5 Å². The molecule has 0 unspecified atom stereocenters. The Morgan fingerprint density at radius 1 is 1.13 bits per heavy atom. The topological polar surface area (TPSA) is 81.3 Å². The van der Waals surface area contributed by atoms with E-state index in [1.165, 1.54) is 0 Å². The van der Waals surface area contributed by atoms with Crippen LogP contribution in [0.1, 0.15) is 17.0 Å². The molecule has 7 heteroatoms. The van der Waals surface area contributed by atoms with Gasteiger partial charge in [0.25, 0.3) is 0 Å². The molecule has 0 fully saturated rings. The van der Waals surface area contributed by atoms with Gasteiger partial charge in [0.1, 0.15) is 25.6 Å². The number of nitrogens with one attached hydrogen (secondary N) is 1. The molecule has 0 bridgehead atoms. The zero-order valence-electron chi connectivity index (χ0n) is 16.5. The third-order valence-corrected chi connectivity index (χ3v) is 5.37.